The molecule has 0 aliphatic rings. The van der Waals surface area contributed by atoms with Crippen LogP contribution in [0.1, 0.15) is 19.4 Å². The van der Waals surface area contributed by atoms with Crippen LogP contribution in [0.4, 0.5) is 0 Å². The predicted molar refractivity (Wildman–Crippen MR) is 41.1 cm³/mol. The van der Waals surface area contributed by atoms with Gasteiger partial charge in [-0.15, -0.1) is 0 Å². The van der Waals surface area contributed by atoms with Crippen LogP contribution in [-0.2, 0) is 0 Å². The van der Waals surface area contributed by atoms with Gasteiger partial charge >= 0.3 is 0 Å². The van der Waals surface area contributed by atoms with Crippen LogP contribution in [0.15, 0.2) is 27.8 Å². The molecule has 0 aliphatic heterocycles. The Morgan fingerprint density at radius 3 is 2.30 bits per heavy atom. The van der Waals surface area contributed by atoms with Crippen LogP contribution in [-0.4, -0.2) is 0 Å². The lowest BCUT2D eigenvalue weighted by Gasteiger charge is -1.82. The first-order chi connectivity index (χ1) is 4.80. The fourth-order valence-corrected chi connectivity index (χ4v) is 0.432. The smallest absolute Gasteiger partial charge is 0.187 e. The summed E-state index contributed by atoms with van der Waals surface area (Å²) in [6, 6.07) is 1.40. The number of rotatable bonds is 0. The van der Waals surface area contributed by atoms with Gasteiger partial charge in [0.2, 0.25) is 0 Å². The third kappa shape index (κ3) is 2.49. The van der Waals surface area contributed by atoms with E-state index in [9.17, 15) is 4.79 Å². The quantitative estimate of drug-likeness (QED) is 0.551. The van der Waals surface area contributed by atoms with Crippen molar-refractivity contribution in [1.82, 2.24) is 0 Å². The average molecular weight is 140 g/mol. The Bertz CT molecular complexity index is 225. The highest BCUT2D eigenvalue weighted by molar-refractivity contribution is 5.03. The predicted octanol–water partition coefficient (Wildman–Crippen LogP) is 1.97. The van der Waals surface area contributed by atoms with Crippen LogP contribution >= 0.6 is 0 Å². The van der Waals surface area contributed by atoms with Crippen LogP contribution in [0.2, 0.25) is 0 Å². The Hall–Kier alpha value is -1.05. The van der Waals surface area contributed by atoms with Crippen LogP contribution in [0.5, 0.6) is 0 Å². The molecule has 0 aliphatic carbocycles. The summed E-state index contributed by atoms with van der Waals surface area (Å²) in [6.45, 7) is 5.71. The second-order valence-electron chi connectivity index (χ2n) is 1.60. The second kappa shape index (κ2) is 4.79. The van der Waals surface area contributed by atoms with Crippen LogP contribution in [0.3, 0.4) is 0 Å². The first kappa shape index (κ1) is 8.95. The molecule has 10 heavy (non-hydrogen) atoms. The van der Waals surface area contributed by atoms with Crippen molar-refractivity contribution in [1.29, 1.82) is 0 Å². The van der Waals surface area contributed by atoms with Gasteiger partial charge in [0.25, 0.3) is 0 Å². The van der Waals surface area contributed by atoms with Gasteiger partial charge in [-0.2, -0.15) is 0 Å². The van der Waals surface area contributed by atoms with Crippen LogP contribution in [0.25, 0.3) is 0 Å². The maximum Gasteiger partial charge on any atom is 0.187 e. The standard InChI is InChI=1S/C6H6O2.C2H6/c1-5-4-8-3-2-6(5)7;1-2/h2-4H,1H3;1-2H3. The van der Waals surface area contributed by atoms with E-state index in [0.717, 1.165) is 0 Å². The summed E-state index contributed by atoms with van der Waals surface area (Å²) >= 11 is 0. The van der Waals surface area contributed by atoms with E-state index in [2.05, 4.69) is 4.42 Å². The molecule has 0 saturated heterocycles. The fraction of sp³-hybridized carbons (Fsp3) is 0.375. The summed E-state index contributed by atoms with van der Waals surface area (Å²) in [7, 11) is 0. The molecule has 1 heterocycles. The summed E-state index contributed by atoms with van der Waals surface area (Å²) in [6.07, 6.45) is 2.80. The van der Waals surface area contributed by atoms with E-state index < -0.39 is 0 Å². The first-order valence-corrected chi connectivity index (χ1v) is 3.34. The number of aryl methyl sites for hydroxylation is 1. The zero-order valence-corrected chi connectivity index (χ0v) is 6.55. The molecule has 1 rings (SSSR count). The molecule has 0 atom stereocenters. The van der Waals surface area contributed by atoms with Crippen molar-refractivity contribution in [2.45, 2.75) is 20.8 Å². The van der Waals surface area contributed by atoms with E-state index >= 15 is 0 Å². The third-order valence-electron chi connectivity index (χ3n) is 0.931. The molecule has 0 amide bonds. The maximum absolute atomic E-state index is 10.6. The summed E-state index contributed by atoms with van der Waals surface area (Å²) in [5.41, 5.74) is 0.670. The Morgan fingerprint density at radius 1 is 1.40 bits per heavy atom. The van der Waals surface area contributed by atoms with Gasteiger partial charge in [-0.25, -0.2) is 0 Å². The lowest BCUT2D eigenvalue weighted by molar-refractivity contribution is 0.543. The molecule has 0 saturated carbocycles. The van der Waals surface area contributed by atoms with E-state index in [0.29, 0.717) is 5.56 Å². The highest BCUT2D eigenvalue weighted by atomic mass is 16.3. The van der Waals surface area contributed by atoms with Crippen molar-refractivity contribution < 1.29 is 4.42 Å². The minimum Gasteiger partial charge on any atom is -0.472 e. The minimum absolute atomic E-state index is 0.0243. The molecule has 2 nitrogen and oxygen atoms in total. The molecule has 56 valence electrons. The van der Waals surface area contributed by atoms with E-state index in [1.54, 1.807) is 6.92 Å². The van der Waals surface area contributed by atoms with Gasteiger partial charge in [-0.05, 0) is 6.92 Å². The van der Waals surface area contributed by atoms with Gasteiger partial charge in [-0.1, -0.05) is 13.8 Å². The Labute approximate surface area is 60.5 Å². The molecule has 0 bridgehead atoms. The molecular formula is C8H12O2. The van der Waals surface area contributed by atoms with Gasteiger partial charge in [0, 0.05) is 11.6 Å². The SMILES string of the molecule is CC.Cc1coccc1=O. The zero-order valence-electron chi connectivity index (χ0n) is 6.55. The minimum atomic E-state index is 0.0243. The molecule has 2 heteroatoms. The topological polar surface area (TPSA) is 30.2 Å². The number of hydrogen-bond donors (Lipinski definition) is 0. The maximum atomic E-state index is 10.6. The first-order valence-electron chi connectivity index (χ1n) is 3.34. The second-order valence-corrected chi connectivity index (χ2v) is 1.60. The monoisotopic (exact) mass is 140 g/mol. The molecule has 1 aromatic rings. The summed E-state index contributed by atoms with van der Waals surface area (Å²) in [4.78, 5) is 10.6. The number of hydrogen-bond acceptors (Lipinski definition) is 2. The Morgan fingerprint density at radius 2 is 2.00 bits per heavy atom. The lowest BCUT2D eigenvalue weighted by Crippen LogP contribution is -1.99. The molecule has 0 N–H and O–H groups in total. The highest BCUT2D eigenvalue weighted by Gasteiger charge is 1.85. The van der Waals surface area contributed by atoms with E-state index in [4.69, 9.17) is 0 Å². The molecule has 0 unspecified atom stereocenters. The van der Waals surface area contributed by atoms with Crippen LogP contribution in [0, 0.1) is 6.92 Å². The van der Waals surface area contributed by atoms with E-state index in [1.807, 2.05) is 13.8 Å². The van der Waals surface area contributed by atoms with Crippen molar-refractivity contribution in [2.75, 3.05) is 0 Å². The normalized spacial score (nSPS) is 7.90. The Kier molecular flexibility index (Phi) is 4.29. The van der Waals surface area contributed by atoms with E-state index in [-0.39, 0.29) is 5.43 Å². The molecular weight excluding hydrogens is 128 g/mol. The van der Waals surface area contributed by atoms with Crippen molar-refractivity contribution in [3.63, 3.8) is 0 Å². The summed E-state index contributed by atoms with van der Waals surface area (Å²) in [5.74, 6) is 0. The summed E-state index contributed by atoms with van der Waals surface area (Å²) in [5, 5.41) is 0. The zero-order chi connectivity index (χ0) is 7.98. The van der Waals surface area contributed by atoms with Crippen molar-refractivity contribution >= 4 is 0 Å². The Balaban J connectivity index is 0.000000371. The van der Waals surface area contributed by atoms with Crippen molar-refractivity contribution in [2.24, 2.45) is 0 Å². The van der Waals surface area contributed by atoms with Gasteiger partial charge in [-0.3, -0.25) is 4.79 Å². The van der Waals surface area contributed by atoms with Crippen molar-refractivity contribution in [3.05, 3.63) is 34.4 Å². The molecule has 0 radical (unpaired) electrons. The molecule has 0 spiro atoms. The van der Waals surface area contributed by atoms with E-state index in [1.165, 1.54) is 18.6 Å². The highest BCUT2D eigenvalue weighted by Crippen LogP contribution is 1.84. The molecule has 0 fully saturated rings. The van der Waals surface area contributed by atoms with Crippen molar-refractivity contribution in [3.8, 4) is 0 Å². The molecule has 0 aromatic carbocycles. The van der Waals surface area contributed by atoms with Gasteiger partial charge in [0.1, 0.15) is 0 Å². The largest absolute Gasteiger partial charge is 0.472 e. The van der Waals surface area contributed by atoms with Gasteiger partial charge in [0.05, 0.1) is 12.5 Å². The third-order valence-corrected chi connectivity index (χ3v) is 0.931. The van der Waals surface area contributed by atoms with Gasteiger partial charge in [0.15, 0.2) is 5.43 Å². The van der Waals surface area contributed by atoms with Crippen LogP contribution < -0.4 is 5.43 Å². The average Bonchev–Trinajstić information content (AvgIpc) is 2.00. The van der Waals surface area contributed by atoms with Gasteiger partial charge < -0.3 is 4.42 Å². The lowest BCUT2D eigenvalue weighted by atomic mass is 10.3. The fourth-order valence-electron chi connectivity index (χ4n) is 0.432. The molecule has 1 aromatic heterocycles. The summed E-state index contributed by atoms with van der Waals surface area (Å²) < 4.78 is 4.69.